The van der Waals surface area contributed by atoms with Gasteiger partial charge in [0.1, 0.15) is 12.1 Å². The van der Waals surface area contributed by atoms with Gasteiger partial charge in [-0.3, -0.25) is 14.4 Å². The van der Waals surface area contributed by atoms with Gasteiger partial charge in [0.25, 0.3) is 5.56 Å². The summed E-state index contributed by atoms with van der Waals surface area (Å²) in [6.45, 7) is 10.6. The number of fused-ring (bicyclic) bond motifs is 2. The van der Waals surface area contributed by atoms with Crippen LogP contribution in [0.4, 0.5) is 5.69 Å². The van der Waals surface area contributed by atoms with Crippen molar-refractivity contribution in [1.82, 2.24) is 28.9 Å². The third-order valence-corrected chi connectivity index (χ3v) is 7.75. The lowest BCUT2D eigenvalue weighted by Crippen LogP contribution is -2.58. The molecule has 9 nitrogen and oxygen atoms in total. The van der Waals surface area contributed by atoms with Gasteiger partial charge in [-0.15, -0.1) is 0 Å². The summed E-state index contributed by atoms with van der Waals surface area (Å²) in [5.74, 6) is 0. The minimum atomic E-state index is -0.0582. The number of nitriles is 1. The number of pyridine rings is 2. The third-order valence-electron chi connectivity index (χ3n) is 7.75. The first kappa shape index (κ1) is 24.1. The first-order valence-electron chi connectivity index (χ1n) is 12.8. The van der Waals surface area contributed by atoms with Gasteiger partial charge in [0, 0.05) is 50.5 Å². The molecule has 5 heterocycles. The van der Waals surface area contributed by atoms with E-state index in [1.807, 2.05) is 11.4 Å². The van der Waals surface area contributed by atoms with E-state index >= 15 is 0 Å². The van der Waals surface area contributed by atoms with Gasteiger partial charge in [-0.2, -0.15) is 15.5 Å². The number of piperazine rings is 1. The second kappa shape index (κ2) is 9.43. The summed E-state index contributed by atoms with van der Waals surface area (Å²) in [5, 5.41) is 18.4. The van der Waals surface area contributed by atoms with Crippen LogP contribution in [0.1, 0.15) is 50.9 Å². The Morgan fingerprint density at radius 3 is 2.64 bits per heavy atom. The van der Waals surface area contributed by atoms with Crippen LogP contribution in [0.15, 0.2) is 41.5 Å². The summed E-state index contributed by atoms with van der Waals surface area (Å²) in [4.78, 5) is 17.9. The smallest absolute Gasteiger partial charge is 0.252 e. The molecule has 3 atom stereocenters. The molecule has 0 unspecified atom stereocenters. The molecule has 1 fully saturated rings. The van der Waals surface area contributed by atoms with E-state index < -0.39 is 0 Å². The summed E-state index contributed by atoms with van der Waals surface area (Å²) >= 11 is 0. The summed E-state index contributed by atoms with van der Waals surface area (Å²) in [6, 6.07) is 11.2. The van der Waals surface area contributed by atoms with Crippen LogP contribution in [0.3, 0.4) is 0 Å². The fourth-order valence-electron chi connectivity index (χ4n) is 5.66. The highest BCUT2D eigenvalue weighted by atomic mass is 16.1. The predicted octanol–water partition coefficient (Wildman–Crippen LogP) is 3.66. The maximum Gasteiger partial charge on any atom is 0.252 e. The Morgan fingerprint density at radius 2 is 1.92 bits per heavy atom. The van der Waals surface area contributed by atoms with Crippen LogP contribution in [0, 0.1) is 18.3 Å². The normalized spacial score (nSPS) is 19.7. The fourth-order valence-corrected chi connectivity index (χ4v) is 5.66. The molecule has 0 N–H and O–H groups in total. The zero-order valence-electron chi connectivity index (χ0n) is 21.7. The molecular weight excluding hydrogens is 452 g/mol. The maximum atomic E-state index is 12.9. The van der Waals surface area contributed by atoms with Crippen molar-refractivity contribution in [3.63, 3.8) is 0 Å². The molecule has 188 valence electrons. The average Bonchev–Trinajstić information content (AvgIpc) is 3.47. The SMILES string of the molecule is CC[C@H]1CN([C@H](C)c2ccn3nc(C)cc3c2)[C@H](CC)CN1c1cc(=O)n(C)c2cn(CC#N)nc12. The van der Waals surface area contributed by atoms with Crippen molar-refractivity contribution in [3.05, 3.63) is 58.3 Å². The summed E-state index contributed by atoms with van der Waals surface area (Å²) < 4.78 is 5.17. The molecule has 0 aromatic carbocycles. The van der Waals surface area contributed by atoms with Gasteiger partial charge in [-0.25, -0.2) is 4.52 Å². The number of hydrogen-bond donors (Lipinski definition) is 0. The molecular formula is C27H34N8O. The van der Waals surface area contributed by atoms with Gasteiger partial charge in [0.2, 0.25) is 0 Å². The highest BCUT2D eigenvalue weighted by Crippen LogP contribution is 2.34. The largest absolute Gasteiger partial charge is 0.364 e. The first-order chi connectivity index (χ1) is 17.3. The number of rotatable bonds is 6. The molecule has 0 amide bonds. The number of anilines is 1. The first-order valence-corrected chi connectivity index (χ1v) is 12.8. The van der Waals surface area contributed by atoms with Crippen LogP contribution in [0.5, 0.6) is 0 Å². The Hall–Kier alpha value is -3.64. The van der Waals surface area contributed by atoms with Gasteiger partial charge >= 0.3 is 0 Å². The van der Waals surface area contributed by atoms with Crippen molar-refractivity contribution in [1.29, 1.82) is 5.26 Å². The second-order valence-electron chi connectivity index (χ2n) is 9.91. The molecule has 1 aliphatic rings. The molecule has 0 spiro atoms. The Morgan fingerprint density at radius 1 is 1.14 bits per heavy atom. The fraction of sp³-hybridized carbons (Fsp3) is 0.481. The van der Waals surface area contributed by atoms with E-state index in [4.69, 9.17) is 10.4 Å². The molecule has 9 heteroatoms. The quantitative estimate of drug-likeness (QED) is 0.413. The lowest BCUT2D eigenvalue weighted by molar-refractivity contribution is 0.101. The standard InChI is InChI=1S/C27H34N8O/c1-6-21-16-34(24-14-26(36)31(5)25-17-32(11-9-28)30-27(24)25)22(7-2)15-33(21)19(4)20-8-10-35-23(13-20)12-18(3)29-35/h8,10,12-14,17,19,21-22H,6-7,11,15-16H2,1-5H3/t19-,21-,22+/m1/s1. The van der Waals surface area contributed by atoms with Crippen LogP contribution in [0.2, 0.25) is 0 Å². The highest BCUT2D eigenvalue weighted by molar-refractivity contribution is 5.88. The monoisotopic (exact) mass is 486 g/mol. The predicted molar refractivity (Wildman–Crippen MR) is 141 cm³/mol. The van der Waals surface area contributed by atoms with Crippen molar-refractivity contribution >= 4 is 22.2 Å². The Labute approximate surface area is 211 Å². The maximum absolute atomic E-state index is 12.9. The van der Waals surface area contributed by atoms with Crippen molar-refractivity contribution in [3.8, 4) is 6.07 Å². The third kappa shape index (κ3) is 4.05. The lowest BCUT2D eigenvalue weighted by atomic mass is 9.96. The molecule has 1 saturated heterocycles. The van der Waals surface area contributed by atoms with Gasteiger partial charge in [0.15, 0.2) is 0 Å². The Balaban J connectivity index is 1.50. The van der Waals surface area contributed by atoms with Crippen LogP contribution < -0.4 is 10.5 Å². The molecule has 1 aliphatic heterocycles. The molecule has 4 aromatic rings. The number of aromatic nitrogens is 5. The van der Waals surface area contributed by atoms with Crippen LogP contribution in [0.25, 0.3) is 16.6 Å². The molecule has 4 aromatic heterocycles. The van der Waals surface area contributed by atoms with E-state index in [-0.39, 0.29) is 24.2 Å². The summed E-state index contributed by atoms with van der Waals surface area (Å²) in [6.07, 6.45) is 5.81. The van der Waals surface area contributed by atoms with Crippen LogP contribution in [-0.4, -0.2) is 54.0 Å². The van der Waals surface area contributed by atoms with Gasteiger partial charge in [-0.1, -0.05) is 13.8 Å². The van der Waals surface area contributed by atoms with E-state index in [0.29, 0.717) is 6.04 Å². The molecule has 0 bridgehead atoms. The zero-order valence-corrected chi connectivity index (χ0v) is 21.7. The summed E-state index contributed by atoms with van der Waals surface area (Å²) in [5.41, 5.74) is 5.78. The number of aryl methyl sites for hydroxylation is 2. The van der Waals surface area contributed by atoms with Gasteiger partial charge < -0.3 is 9.47 Å². The van der Waals surface area contributed by atoms with E-state index in [2.05, 4.69) is 66.1 Å². The van der Waals surface area contributed by atoms with E-state index in [1.54, 1.807) is 28.6 Å². The average molecular weight is 487 g/mol. The van der Waals surface area contributed by atoms with E-state index in [0.717, 1.165) is 53.9 Å². The topological polar surface area (TPSA) is 87.4 Å². The number of hydrogen-bond acceptors (Lipinski definition) is 6. The molecule has 0 aliphatic carbocycles. The van der Waals surface area contributed by atoms with Crippen LogP contribution in [-0.2, 0) is 13.6 Å². The van der Waals surface area contributed by atoms with E-state index in [9.17, 15) is 4.79 Å². The second-order valence-corrected chi connectivity index (χ2v) is 9.91. The molecule has 5 rings (SSSR count). The number of nitrogens with zero attached hydrogens (tertiary/aromatic N) is 8. The Kier molecular flexibility index (Phi) is 6.31. The van der Waals surface area contributed by atoms with Crippen LogP contribution >= 0.6 is 0 Å². The van der Waals surface area contributed by atoms with Crippen molar-refractivity contribution in [2.45, 2.75) is 65.2 Å². The van der Waals surface area contributed by atoms with Crippen molar-refractivity contribution in [2.24, 2.45) is 7.05 Å². The van der Waals surface area contributed by atoms with E-state index in [1.165, 1.54) is 5.56 Å². The van der Waals surface area contributed by atoms with Gasteiger partial charge in [0.05, 0.1) is 34.7 Å². The Bertz CT molecular complexity index is 1510. The zero-order chi connectivity index (χ0) is 25.6. The van der Waals surface area contributed by atoms with Crippen molar-refractivity contribution < 1.29 is 0 Å². The molecule has 36 heavy (non-hydrogen) atoms. The van der Waals surface area contributed by atoms with Gasteiger partial charge in [-0.05, 0) is 50.5 Å². The minimum Gasteiger partial charge on any atom is -0.364 e. The highest BCUT2D eigenvalue weighted by Gasteiger charge is 2.36. The molecule has 0 radical (unpaired) electrons. The van der Waals surface area contributed by atoms with Crippen molar-refractivity contribution in [2.75, 3.05) is 18.0 Å². The lowest BCUT2D eigenvalue weighted by Gasteiger charge is -2.49. The molecule has 0 saturated carbocycles. The summed E-state index contributed by atoms with van der Waals surface area (Å²) in [7, 11) is 1.76. The minimum absolute atomic E-state index is 0.0582.